The summed E-state index contributed by atoms with van der Waals surface area (Å²) >= 11 is 6.77. The molecule has 0 aliphatic rings. The molecule has 1 aromatic heterocycles. The van der Waals surface area contributed by atoms with Crippen molar-refractivity contribution in [3.05, 3.63) is 56.7 Å². The zero-order valence-electron chi connectivity index (χ0n) is 9.73. The smallest absolute Gasteiger partial charge is 0.335 e. The molecule has 1 aromatic carbocycles. The second kappa shape index (κ2) is 6.16. The van der Waals surface area contributed by atoms with E-state index in [1.54, 1.807) is 24.4 Å². The number of hydrogen-bond acceptors (Lipinski definition) is 3. The summed E-state index contributed by atoms with van der Waals surface area (Å²) in [5, 5.41) is 12.1. The minimum atomic E-state index is -0.938. The lowest BCUT2D eigenvalue weighted by Gasteiger charge is -2.08. The molecule has 98 valence electrons. The first-order valence-corrected chi connectivity index (χ1v) is 7.02. The summed E-state index contributed by atoms with van der Waals surface area (Å²) in [5.74, 6) is -0.938. The molecule has 0 saturated heterocycles. The SMILES string of the molecule is O=C(O)c1cccc(NCc2ncc(Br)cc2Br)c1. The van der Waals surface area contributed by atoms with Crippen molar-refractivity contribution < 1.29 is 9.90 Å². The molecular formula is C13H10Br2N2O2. The number of benzene rings is 1. The molecule has 0 aliphatic carbocycles. The number of carbonyl (C=O) groups is 1. The molecule has 0 fully saturated rings. The van der Waals surface area contributed by atoms with Crippen molar-refractivity contribution in [3.8, 4) is 0 Å². The number of nitrogens with zero attached hydrogens (tertiary/aromatic N) is 1. The number of carboxylic acid groups (broad SMARTS) is 1. The quantitative estimate of drug-likeness (QED) is 0.837. The van der Waals surface area contributed by atoms with Crippen LogP contribution in [-0.2, 0) is 6.54 Å². The molecule has 0 bridgehead atoms. The molecule has 0 atom stereocenters. The number of carboxylic acids is 1. The van der Waals surface area contributed by atoms with Crippen LogP contribution >= 0.6 is 31.9 Å². The number of pyridine rings is 1. The maximum Gasteiger partial charge on any atom is 0.335 e. The molecule has 19 heavy (non-hydrogen) atoms. The highest BCUT2D eigenvalue weighted by molar-refractivity contribution is 9.11. The second-order valence-corrected chi connectivity index (χ2v) is 5.59. The van der Waals surface area contributed by atoms with Crippen LogP contribution in [0, 0.1) is 0 Å². The van der Waals surface area contributed by atoms with Gasteiger partial charge in [0.15, 0.2) is 0 Å². The summed E-state index contributed by atoms with van der Waals surface area (Å²) in [4.78, 5) is 15.1. The largest absolute Gasteiger partial charge is 0.478 e. The lowest BCUT2D eigenvalue weighted by Crippen LogP contribution is -2.04. The Morgan fingerprint density at radius 3 is 2.79 bits per heavy atom. The number of rotatable bonds is 4. The standard InChI is InChI=1S/C13H10Br2N2O2/c14-9-5-11(15)12(17-6-9)7-16-10-3-1-2-8(4-10)13(18)19/h1-6,16H,7H2,(H,18,19). The maximum atomic E-state index is 10.9. The van der Waals surface area contributed by atoms with Gasteiger partial charge in [0.05, 0.1) is 17.8 Å². The van der Waals surface area contributed by atoms with Gasteiger partial charge in [-0.1, -0.05) is 6.07 Å². The Kier molecular flexibility index (Phi) is 4.55. The highest BCUT2D eigenvalue weighted by Crippen LogP contribution is 2.20. The van der Waals surface area contributed by atoms with Crippen molar-refractivity contribution in [2.24, 2.45) is 0 Å². The zero-order chi connectivity index (χ0) is 13.8. The molecule has 0 unspecified atom stereocenters. The van der Waals surface area contributed by atoms with E-state index in [1.165, 1.54) is 0 Å². The number of hydrogen-bond donors (Lipinski definition) is 2. The third-order valence-corrected chi connectivity index (χ3v) is 3.57. The van der Waals surface area contributed by atoms with Crippen molar-refractivity contribution >= 4 is 43.5 Å². The van der Waals surface area contributed by atoms with Crippen LogP contribution in [0.4, 0.5) is 5.69 Å². The van der Waals surface area contributed by atoms with Crippen molar-refractivity contribution in [3.63, 3.8) is 0 Å². The van der Waals surface area contributed by atoms with E-state index in [4.69, 9.17) is 5.11 Å². The van der Waals surface area contributed by atoms with Crippen LogP contribution < -0.4 is 5.32 Å². The van der Waals surface area contributed by atoms with E-state index < -0.39 is 5.97 Å². The average Bonchev–Trinajstić information content (AvgIpc) is 2.38. The van der Waals surface area contributed by atoms with E-state index in [-0.39, 0.29) is 5.56 Å². The Labute approximate surface area is 127 Å². The van der Waals surface area contributed by atoms with Crippen LogP contribution in [-0.4, -0.2) is 16.1 Å². The van der Waals surface area contributed by atoms with E-state index in [0.29, 0.717) is 6.54 Å². The first kappa shape index (κ1) is 14.0. The first-order chi connectivity index (χ1) is 9.06. The van der Waals surface area contributed by atoms with Gasteiger partial charge in [0.1, 0.15) is 0 Å². The van der Waals surface area contributed by atoms with Crippen molar-refractivity contribution in [2.75, 3.05) is 5.32 Å². The molecule has 6 heteroatoms. The topological polar surface area (TPSA) is 62.2 Å². The third-order valence-electron chi connectivity index (χ3n) is 2.45. The Balaban J connectivity index is 2.10. The first-order valence-electron chi connectivity index (χ1n) is 5.43. The van der Waals surface area contributed by atoms with Crippen LogP contribution in [0.15, 0.2) is 45.5 Å². The Morgan fingerprint density at radius 1 is 1.32 bits per heavy atom. The van der Waals surface area contributed by atoms with Crippen molar-refractivity contribution in [2.45, 2.75) is 6.54 Å². The predicted octanol–water partition coefficient (Wildman–Crippen LogP) is 3.92. The highest BCUT2D eigenvalue weighted by atomic mass is 79.9. The molecule has 2 N–H and O–H groups in total. The second-order valence-electron chi connectivity index (χ2n) is 3.82. The van der Waals surface area contributed by atoms with Crippen LogP contribution in [0.1, 0.15) is 16.1 Å². The monoisotopic (exact) mass is 384 g/mol. The van der Waals surface area contributed by atoms with Gasteiger partial charge in [-0.25, -0.2) is 4.79 Å². The van der Waals surface area contributed by atoms with Crippen LogP contribution in [0.25, 0.3) is 0 Å². The average molecular weight is 386 g/mol. The van der Waals surface area contributed by atoms with Gasteiger partial charge in [-0.3, -0.25) is 4.98 Å². The van der Waals surface area contributed by atoms with Gasteiger partial charge in [-0.2, -0.15) is 0 Å². The van der Waals surface area contributed by atoms with E-state index >= 15 is 0 Å². The van der Waals surface area contributed by atoms with E-state index in [2.05, 4.69) is 42.2 Å². The lowest BCUT2D eigenvalue weighted by atomic mass is 10.2. The van der Waals surface area contributed by atoms with Gasteiger partial charge in [-0.15, -0.1) is 0 Å². The summed E-state index contributed by atoms with van der Waals surface area (Å²) in [7, 11) is 0. The molecule has 0 saturated carbocycles. The summed E-state index contributed by atoms with van der Waals surface area (Å²) in [6.45, 7) is 0.511. The minimum Gasteiger partial charge on any atom is -0.478 e. The minimum absolute atomic E-state index is 0.257. The predicted molar refractivity (Wildman–Crippen MR) is 80.4 cm³/mol. The van der Waals surface area contributed by atoms with Gasteiger partial charge in [0, 0.05) is 20.8 Å². The lowest BCUT2D eigenvalue weighted by molar-refractivity contribution is 0.0697. The maximum absolute atomic E-state index is 10.9. The molecule has 1 heterocycles. The molecule has 2 aromatic rings. The van der Waals surface area contributed by atoms with Crippen LogP contribution in [0.2, 0.25) is 0 Å². The zero-order valence-corrected chi connectivity index (χ0v) is 12.9. The summed E-state index contributed by atoms with van der Waals surface area (Å²) in [6, 6.07) is 8.59. The van der Waals surface area contributed by atoms with E-state index in [9.17, 15) is 4.79 Å². The van der Waals surface area contributed by atoms with Gasteiger partial charge in [-0.05, 0) is 56.1 Å². The molecule has 4 nitrogen and oxygen atoms in total. The molecule has 0 amide bonds. The van der Waals surface area contributed by atoms with Gasteiger partial charge < -0.3 is 10.4 Å². The Morgan fingerprint density at radius 2 is 2.11 bits per heavy atom. The molecular weight excluding hydrogens is 376 g/mol. The van der Waals surface area contributed by atoms with Gasteiger partial charge in [0.2, 0.25) is 0 Å². The number of aromatic nitrogens is 1. The number of nitrogens with one attached hydrogen (secondary N) is 1. The molecule has 0 aliphatic heterocycles. The number of halogens is 2. The van der Waals surface area contributed by atoms with Crippen LogP contribution in [0.5, 0.6) is 0 Å². The highest BCUT2D eigenvalue weighted by Gasteiger charge is 2.05. The van der Waals surface area contributed by atoms with Gasteiger partial charge >= 0.3 is 5.97 Å². The van der Waals surface area contributed by atoms with E-state index in [0.717, 1.165) is 20.3 Å². The number of aromatic carboxylic acids is 1. The summed E-state index contributed by atoms with van der Waals surface area (Å²) in [6.07, 6.45) is 1.72. The fourth-order valence-electron chi connectivity index (χ4n) is 1.52. The molecule has 2 rings (SSSR count). The molecule has 0 radical (unpaired) electrons. The Bertz CT molecular complexity index is 617. The normalized spacial score (nSPS) is 10.2. The Hall–Kier alpha value is -1.40. The summed E-state index contributed by atoms with van der Waals surface area (Å²) < 4.78 is 1.79. The molecule has 0 spiro atoms. The summed E-state index contributed by atoms with van der Waals surface area (Å²) in [5.41, 5.74) is 1.85. The van der Waals surface area contributed by atoms with Crippen molar-refractivity contribution in [1.82, 2.24) is 4.98 Å². The number of anilines is 1. The van der Waals surface area contributed by atoms with Gasteiger partial charge in [0.25, 0.3) is 0 Å². The third kappa shape index (κ3) is 3.78. The fraction of sp³-hybridized carbons (Fsp3) is 0.0769. The van der Waals surface area contributed by atoms with Crippen molar-refractivity contribution in [1.29, 1.82) is 0 Å². The van der Waals surface area contributed by atoms with E-state index in [1.807, 2.05) is 12.1 Å². The van der Waals surface area contributed by atoms with Crippen LogP contribution in [0.3, 0.4) is 0 Å². The fourth-order valence-corrected chi connectivity index (χ4v) is 2.65.